The summed E-state index contributed by atoms with van der Waals surface area (Å²) in [6.07, 6.45) is 1.71. The van der Waals surface area contributed by atoms with Crippen LogP contribution in [0.1, 0.15) is 17.3 Å². The van der Waals surface area contributed by atoms with Gasteiger partial charge in [-0.1, -0.05) is 12.1 Å². The van der Waals surface area contributed by atoms with Crippen LogP contribution in [0.25, 0.3) is 0 Å². The van der Waals surface area contributed by atoms with Gasteiger partial charge in [-0.2, -0.15) is 4.98 Å². The summed E-state index contributed by atoms with van der Waals surface area (Å²) >= 11 is 0. The molecule has 1 aliphatic rings. The number of hydrogen-bond donors (Lipinski definition) is 2. The number of carbonyl (C=O) groups excluding carboxylic acids is 1. The number of rotatable bonds is 7. The van der Waals surface area contributed by atoms with Crippen LogP contribution in [0, 0.1) is 0 Å². The van der Waals surface area contributed by atoms with Crippen LogP contribution in [-0.2, 0) is 4.74 Å². The van der Waals surface area contributed by atoms with Crippen LogP contribution in [-0.4, -0.2) is 60.0 Å². The first-order valence-corrected chi connectivity index (χ1v) is 8.46. The summed E-state index contributed by atoms with van der Waals surface area (Å²) in [6.45, 7) is 6.89. The van der Waals surface area contributed by atoms with Gasteiger partial charge >= 0.3 is 0 Å². The number of anilines is 3. The lowest BCUT2D eigenvalue weighted by atomic mass is 10.1. The molecule has 1 aromatic carbocycles. The highest BCUT2D eigenvalue weighted by Crippen LogP contribution is 2.16. The van der Waals surface area contributed by atoms with Gasteiger partial charge in [-0.25, -0.2) is 4.98 Å². The zero-order chi connectivity index (χ0) is 17.5. The Hall–Kier alpha value is -2.51. The quantitative estimate of drug-likeness (QED) is 0.747. The summed E-state index contributed by atoms with van der Waals surface area (Å²) in [7, 11) is 0. The second-order valence-corrected chi connectivity index (χ2v) is 5.91. The van der Waals surface area contributed by atoms with E-state index in [0.717, 1.165) is 50.9 Å². The number of morpholine rings is 1. The normalized spacial score (nSPS) is 14.9. The number of Topliss-reactive ketones (excluding diaryl/α,β-unsaturated/α-hetero) is 1. The van der Waals surface area contributed by atoms with Crippen molar-refractivity contribution in [2.75, 3.05) is 50.0 Å². The Morgan fingerprint density at radius 1 is 1.28 bits per heavy atom. The van der Waals surface area contributed by atoms with Gasteiger partial charge in [0.05, 0.1) is 13.2 Å². The van der Waals surface area contributed by atoms with Crippen molar-refractivity contribution in [3.8, 4) is 0 Å². The number of nitrogens with zero attached hydrogens (tertiary/aromatic N) is 3. The molecule has 1 aromatic heterocycles. The standard InChI is InChI=1S/C18H23N5O2/c1-14(24)15-3-2-4-16(13-15)21-18-20-6-5-17(22-18)19-7-8-23-9-11-25-12-10-23/h2-6,13H,7-12H2,1H3,(H2,19,20,21,22). The van der Waals surface area contributed by atoms with E-state index in [9.17, 15) is 4.79 Å². The van der Waals surface area contributed by atoms with Gasteiger partial charge in [0.15, 0.2) is 5.78 Å². The molecule has 0 radical (unpaired) electrons. The fourth-order valence-corrected chi connectivity index (χ4v) is 2.63. The molecule has 2 aromatic rings. The molecule has 3 rings (SSSR count). The Balaban J connectivity index is 1.55. The van der Waals surface area contributed by atoms with Crippen molar-refractivity contribution >= 4 is 23.2 Å². The van der Waals surface area contributed by atoms with E-state index in [1.165, 1.54) is 0 Å². The molecule has 1 aliphatic heterocycles. The van der Waals surface area contributed by atoms with Crippen molar-refractivity contribution < 1.29 is 9.53 Å². The van der Waals surface area contributed by atoms with E-state index >= 15 is 0 Å². The van der Waals surface area contributed by atoms with Gasteiger partial charge in [-0.3, -0.25) is 9.69 Å². The molecular weight excluding hydrogens is 318 g/mol. The third-order valence-electron chi connectivity index (χ3n) is 4.02. The molecule has 1 saturated heterocycles. The van der Waals surface area contributed by atoms with Crippen LogP contribution in [0.3, 0.4) is 0 Å². The van der Waals surface area contributed by atoms with E-state index in [1.807, 2.05) is 18.2 Å². The third kappa shape index (κ3) is 5.23. The number of ketones is 1. The van der Waals surface area contributed by atoms with Gasteiger partial charge in [0, 0.05) is 43.6 Å². The molecule has 7 nitrogen and oxygen atoms in total. The zero-order valence-electron chi connectivity index (χ0n) is 14.4. The zero-order valence-corrected chi connectivity index (χ0v) is 14.4. The van der Waals surface area contributed by atoms with Crippen LogP contribution < -0.4 is 10.6 Å². The fraction of sp³-hybridized carbons (Fsp3) is 0.389. The van der Waals surface area contributed by atoms with Gasteiger partial charge in [0.2, 0.25) is 5.95 Å². The first-order valence-electron chi connectivity index (χ1n) is 8.46. The van der Waals surface area contributed by atoms with Crippen molar-refractivity contribution in [2.24, 2.45) is 0 Å². The summed E-state index contributed by atoms with van der Waals surface area (Å²) in [5.41, 5.74) is 1.45. The molecule has 0 bridgehead atoms. The van der Waals surface area contributed by atoms with E-state index in [4.69, 9.17) is 4.74 Å². The minimum atomic E-state index is 0.0306. The van der Waals surface area contributed by atoms with Crippen LogP contribution in [0.4, 0.5) is 17.5 Å². The van der Waals surface area contributed by atoms with Gasteiger partial charge in [0.25, 0.3) is 0 Å². The molecule has 0 atom stereocenters. The fourth-order valence-electron chi connectivity index (χ4n) is 2.63. The molecule has 0 spiro atoms. The van der Waals surface area contributed by atoms with Gasteiger partial charge in [-0.15, -0.1) is 0 Å². The molecule has 0 aliphatic carbocycles. The molecule has 2 heterocycles. The molecule has 132 valence electrons. The molecule has 0 saturated carbocycles. The SMILES string of the molecule is CC(=O)c1cccc(Nc2nccc(NCCN3CCOCC3)n2)c1. The molecule has 0 amide bonds. The summed E-state index contributed by atoms with van der Waals surface area (Å²) in [5.74, 6) is 1.30. The Morgan fingerprint density at radius 3 is 2.92 bits per heavy atom. The average Bonchev–Trinajstić information content (AvgIpc) is 2.63. The minimum absolute atomic E-state index is 0.0306. The molecule has 25 heavy (non-hydrogen) atoms. The summed E-state index contributed by atoms with van der Waals surface area (Å²) in [4.78, 5) is 22.5. The Morgan fingerprint density at radius 2 is 2.12 bits per heavy atom. The number of carbonyl (C=O) groups is 1. The van der Waals surface area contributed by atoms with Crippen LogP contribution >= 0.6 is 0 Å². The van der Waals surface area contributed by atoms with Crippen molar-refractivity contribution in [2.45, 2.75) is 6.92 Å². The number of aromatic nitrogens is 2. The highest BCUT2D eigenvalue weighted by Gasteiger charge is 2.09. The van der Waals surface area contributed by atoms with Crippen molar-refractivity contribution in [1.82, 2.24) is 14.9 Å². The third-order valence-corrected chi connectivity index (χ3v) is 4.02. The Labute approximate surface area is 147 Å². The Bertz CT molecular complexity index is 716. The van der Waals surface area contributed by atoms with Gasteiger partial charge in [-0.05, 0) is 25.1 Å². The van der Waals surface area contributed by atoms with E-state index < -0.39 is 0 Å². The van der Waals surface area contributed by atoms with Crippen LogP contribution in [0.15, 0.2) is 36.5 Å². The summed E-state index contributed by atoms with van der Waals surface area (Å²) in [5, 5.41) is 6.46. The molecule has 0 unspecified atom stereocenters. The van der Waals surface area contributed by atoms with E-state index in [1.54, 1.807) is 25.3 Å². The maximum atomic E-state index is 11.5. The lowest BCUT2D eigenvalue weighted by molar-refractivity contribution is 0.0398. The van der Waals surface area contributed by atoms with Crippen LogP contribution in [0.5, 0.6) is 0 Å². The predicted octanol–water partition coefficient (Wildman–Crippen LogP) is 2.17. The summed E-state index contributed by atoms with van der Waals surface area (Å²) in [6, 6.07) is 9.15. The highest BCUT2D eigenvalue weighted by molar-refractivity contribution is 5.95. The van der Waals surface area contributed by atoms with Crippen molar-refractivity contribution in [3.63, 3.8) is 0 Å². The highest BCUT2D eigenvalue weighted by atomic mass is 16.5. The number of ether oxygens (including phenoxy) is 1. The second-order valence-electron chi connectivity index (χ2n) is 5.91. The summed E-state index contributed by atoms with van der Waals surface area (Å²) < 4.78 is 5.35. The predicted molar refractivity (Wildman–Crippen MR) is 97.5 cm³/mol. The monoisotopic (exact) mass is 341 g/mol. The molecule has 7 heteroatoms. The topological polar surface area (TPSA) is 79.4 Å². The van der Waals surface area contributed by atoms with E-state index in [2.05, 4.69) is 25.5 Å². The first kappa shape index (κ1) is 17.3. The lowest BCUT2D eigenvalue weighted by Gasteiger charge is -2.26. The van der Waals surface area contributed by atoms with Gasteiger partial charge in [0.1, 0.15) is 5.82 Å². The molecule has 1 fully saturated rings. The number of nitrogens with one attached hydrogen (secondary N) is 2. The van der Waals surface area contributed by atoms with E-state index in [-0.39, 0.29) is 5.78 Å². The minimum Gasteiger partial charge on any atom is -0.379 e. The van der Waals surface area contributed by atoms with Gasteiger partial charge < -0.3 is 15.4 Å². The largest absolute Gasteiger partial charge is 0.379 e. The maximum Gasteiger partial charge on any atom is 0.229 e. The first-order chi connectivity index (χ1) is 12.2. The van der Waals surface area contributed by atoms with E-state index in [0.29, 0.717) is 11.5 Å². The molecular formula is C18H23N5O2. The van der Waals surface area contributed by atoms with Crippen molar-refractivity contribution in [1.29, 1.82) is 0 Å². The maximum absolute atomic E-state index is 11.5. The Kier molecular flexibility index (Phi) is 5.92. The smallest absolute Gasteiger partial charge is 0.229 e. The van der Waals surface area contributed by atoms with Crippen LogP contribution in [0.2, 0.25) is 0 Å². The number of hydrogen-bond acceptors (Lipinski definition) is 7. The average molecular weight is 341 g/mol. The lowest BCUT2D eigenvalue weighted by Crippen LogP contribution is -2.39. The second kappa shape index (κ2) is 8.55. The van der Waals surface area contributed by atoms with Crippen molar-refractivity contribution in [3.05, 3.63) is 42.1 Å². The number of benzene rings is 1. The molecule has 2 N–H and O–H groups in total.